The third kappa shape index (κ3) is 0.705. The summed E-state index contributed by atoms with van der Waals surface area (Å²) in [6.07, 6.45) is 4.99. The molecule has 0 aromatic carbocycles. The van der Waals surface area contributed by atoms with Crippen LogP contribution in [0.5, 0.6) is 0 Å². The molecule has 6 heteroatoms. The van der Waals surface area contributed by atoms with Crippen LogP contribution in [0.25, 0.3) is 0 Å². The molecule has 6 nitrogen and oxygen atoms in total. The van der Waals surface area contributed by atoms with Crippen LogP contribution in [-0.4, -0.2) is 15.2 Å². The van der Waals surface area contributed by atoms with Crippen molar-refractivity contribution in [1.29, 1.82) is 0 Å². The standard InChI is InChI=1S/C4H6N6/c1-2-10(9-6-1)4-5-3-7-8-4/h1-3,6,9H,(H,5,7,8). The lowest BCUT2D eigenvalue weighted by atomic mass is 10.8. The van der Waals surface area contributed by atoms with Crippen molar-refractivity contribution >= 4 is 5.95 Å². The van der Waals surface area contributed by atoms with Crippen molar-refractivity contribution in [1.82, 2.24) is 26.1 Å². The fourth-order valence-corrected chi connectivity index (χ4v) is 0.695. The normalized spacial score (nSPS) is 15.8. The van der Waals surface area contributed by atoms with Gasteiger partial charge in [0.15, 0.2) is 0 Å². The van der Waals surface area contributed by atoms with Crippen molar-refractivity contribution in [3.63, 3.8) is 0 Å². The minimum Gasteiger partial charge on any atom is -0.309 e. The predicted octanol–water partition coefficient (Wildman–Crippen LogP) is -0.895. The minimum absolute atomic E-state index is 0.654. The van der Waals surface area contributed by atoms with Crippen LogP contribution in [0.15, 0.2) is 18.7 Å². The molecule has 0 aliphatic carbocycles. The zero-order valence-electron chi connectivity index (χ0n) is 5.07. The van der Waals surface area contributed by atoms with Crippen LogP contribution in [0.2, 0.25) is 0 Å². The number of hydrogen-bond donors (Lipinski definition) is 3. The maximum atomic E-state index is 3.90. The van der Waals surface area contributed by atoms with Crippen LogP contribution in [0.3, 0.4) is 0 Å². The molecular formula is C4H6N6. The number of anilines is 1. The summed E-state index contributed by atoms with van der Waals surface area (Å²) in [7, 11) is 0. The molecule has 0 atom stereocenters. The molecule has 0 saturated heterocycles. The van der Waals surface area contributed by atoms with Gasteiger partial charge in [-0.05, 0) is 0 Å². The van der Waals surface area contributed by atoms with Gasteiger partial charge in [0, 0.05) is 12.4 Å². The Kier molecular flexibility index (Phi) is 1.05. The number of H-pyrrole nitrogens is 1. The van der Waals surface area contributed by atoms with E-state index < -0.39 is 0 Å². The van der Waals surface area contributed by atoms with E-state index in [1.54, 1.807) is 17.4 Å². The molecule has 0 bridgehead atoms. The SMILES string of the molecule is C1=CN(c2ncn[nH]2)NN1. The number of aromatic amines is 1. The van der Waals surface area contributed by atoms with Crippen molar-refractivity contribution in [2.24, 2.45) is 0 Å². The Morgan fingerprint density at radius 3 is 3.10 bits per heavy atom. The first-order chi connectivity index (χ1) is 4.97. The summed E-state index contributed by atoms with van der Waals surface area (Å²) in [5.74, 6) is 0.654. The smallest absolute Gasteiger partial charge is 0.241 e. The van der Waals surface area contributed by atoms with Crippen LogP contribution in [0, 0.1) is 0 Å². The lowest BCUT2D eigenvalue weighted by Gasteiger charge is -2.09. The molecule has 0 spiro atoms. The predicted molar refractivity (Wildman–Crippen MR) is 34.3 cm³/mol. The minimum atomic E-state index is 0.654. The first kappa shape index (κ1) is 5.24. The highest BCUT2D eigenvalue weighted by molar-refractivity contribution is 5.31. The maximum Gasteiger partial charge on any atom is 0.241 e. The van der Waals surface area contributed by atoms with Gasteiger partial charge in [0.1, 0.15) is 6.33 Å². The third-order valence-corrected chi connectivity index (χ3v) is 1.12. The molecule has 0 unspecified atom stereocenters. The summed E-state index contributed by atoms with van der Waals surface area (Å²) in [6, 6.07) is 0. The molecule has 1 aromatic heterocycles. The quantitative estimate of drug-likeness (QED) is 0.469. The van der Waals surface area contributed by atoms with Gasteiger partial charge in [0.05, 0.1) is 0 Å². The van der Waals surface area contributed by atoms with Crippen LogP contribution in [0.1, 0.15) is 0 Å². The first-order valence-electron chi connectivity index (χ1n) is 2.79. The van der Waals surface area contributed by atoms with Crippen molar-refractivity contribution in [3.05, 3.63) is 18.7 Å². The lowest BCUT2D eigenvalue weighted by Crippen LogP contribution is -2.35. The molecular weight excluding hydrogens is 132 g/mol. The number of hydrogen-bond acceptors (Lipinski definition) is 5. The Morgan fingerprint density at radius 2 is 2.50 bits per heavy atom. The molecule has 0 fully saturated rings. The Balaban J connectivity index is 2.20. The van der Waals surface area contributed by atoms with Gasteiger partial charge in [-0.25, -0.2) is 10.1 Å². The first-order valence-corrected chi connectivity index (χ1v) is 2.79. The van der Waals surface area contributed by atoms with E-state index in [1.165, 1.54) is 6.33 Å². The van der Waals surface area contributed by atoms with Gasteiger partial charge in [-0.1, -0.05) is 0 Å². The lowest BCUT2D eigenvalue weighted by molar-refractivity contribution is 0.666. The topological polar surface area (TPSA) is 68.9 Å². The van der Waals surface area contributed by atoms with Crippen molar-refractivity contribution in [2.45, 2.75) is 0 Å². The third-order valence-electron chi connectivity index (χ3n) is 1.12. The zero-order chi connectivity index (χ0) is 6.81. The highest BCUT2D eigenvalue weighted by Gasteiger charge is 2.06. The molecule has 3 N–H and O–H groups in total. The summed E-state index contributed by atoms with van der Waals surface area (Å²) in [4.78, 5) is 3.90. The zero-order valence-corrected chi connectivity index (χ0v) is 5.07. The fraction of sp³-hybridized carbons (Fsp3) is 0. The fourth-order valence-electron chi connectivity index (χ4n) is 0.695. The largest absolute Gasteiger partial charge is 0.309 e. The summed E-state index contributed by atoms with van der Waals surface area (Å²) in [5.41, 5.74) is 5.57. The molecule has 0 amide bonds. The number of nitrogens with one attached hydrogen (secondary N) is 3. The molecule has 2 heterocycles. The monoisotopic (exact) mass is 138 g/mol. The Labute approximate surface area is 56.9 Å². The second-order valence-electron chi connectivity index (χ2n) is 1.75. The molecule has 10 heavy (non-hydrogen) atoms. The van der Waals surface area contributed by atoms with Gasteiger partial charge in [0.25, 0.3) is 0 Å². The molecule has 1 aliphatic heterocycles. The molecule has 0 radical (unpaired) electrons. The van der Waals surface area contributed by atoms with Crippen molar-refractivity contribution in [3.8, 4) is 0 Å². The molecule has 0 saturated carbocycles. The highest BCUT2D eigenvalue weighted by atomic mass is 15.7. The van der Waals surface area contributed by atoms with Gasteiger partial charge in [0.2, 0.25) is 5.95 Å². The second kappa shape index (κ2) is 1.99. The van der Waals surface area contributed by atoms with E-state index in [0.29, 0.717) is 5.95 Å². The van der Waals surface area contributed by atoms with Gasteiger partial charge in [-0.3, -0.25) is 0 Å². The van der Waals surface area contributed by atoms with Crippen LogP contribution in [-0.2, 0) is 0 Å². The number of nitrogens with zero attached hydrogens (tertiary/aromatic N) is 3. The van der Waals surface area contributed by atoms with E-state index in [-0.39, 0.29) is 0 Å². The molecule has 52 valence electrons. The van der Waals surface area contributed by atoms with E-state index >= 15 is 0 Å². The maximum absolute atomic E-state index is 3.90. The molecule has 1 aliphatic rings. The Hall–Kier alpha value is -1.56. The highest BCUT2D eigenvalue weighted by Crippen LogP contribution is 2.01. The second-order valence-corrected chi connectivity index (χ2v) is 1.75. The summed E-state index contributed by atoms with van der Waals surface area (Å²) < 4.78 is 0. The van der Waals surface area contributed by atoms with Crippen LogP contribution >= 0.6 is 0 Å². The van der Waals surface area contributed by atoms with E-state index in [1.807, 2.05) is 0 Å². The summed E-state index contributed by atoms with van der Waals surface area (Å²) >= 11 is 0. The number of rotatable bonds is 1. The van der Waals surface area contributed by atoms with E-state index in [2.05, 4.69) is 26.1 Å². The van der Waals surface area contributed by atoms with E-state index in [0.717, 1.165) is 0 Å². The van der Waals surface area contributed by atoms with Gasteiger partial charge in [-0.2, -0.15) is 10.1 Å². The van der Waals surface area contributed by atoms with E-state index in [9.17, 15) is 0 Å². The van der Waals surface area contributed by atoms with Crippen molar-refractivity contribution in [2.75, 3.05) is 5.01 Å². The van der Waals surface area contributed by atoms with Gasteiger partial charge >= 0.3 is 0 Å². The summed E-state index contributed by atoms with van der Waals surface area (Å²) in [6.45, 7) is 0. The Morgan fingerprint density at radius 1 is 1.50 bits per heavy atom. The van der Waals surface area contributed by atoms with E-state index in [4.69, 9.17) is 0 Å². The average molecular weight is 138 g/mol. The van der Waals surface area contributed by atoms with Crippen molar-refractivity contribution < 1.29 is 0 Å². The Bertz CT molecular complexity index is 226. The van der Waals surface area contributed by atoms with Gasteiger partial charge < -0.3 is 5.43 Å². The van der Waals surface area contributed by atoms with Gasteiger partial charge in [-0.15, -0.1) is 5.53 Å². The van der Waals surface area contributed by atoms with Crippen LogP contribution in [0.4, 0.5) is 5.95 Å². The average Bonchev–Trinajstić information content (AvgIpc) is 2.59. The summed E-state index contributed by atoms with van der Waals surface area (Å²) in [5, 5.41) is 8.05. The van der Waals surface area contributed by atoms with Crippen LogP contribution < -0.4 is 16.0 Å². The molecule has 2 rings (SSSR count). The molecule has 1 aromatic rings. The number of aromatic nitrogens is 3. The number of hydrazine groups is 2.